The van der Waals surface area contributed by atoms with Crippen molar-refractivity contribution in [2.45, 2.75) is 31.6 Å². The highest BCUT2D eigenvalue weighted by Crippen LogP contribution is 2.34. The van der Waals surface area contributed by atoms with Crippen molar-refractivity contribution in [1.82, 2.24) is 10.2 Å². The third-order valence-corrected chi connectivity index (χ3v) is 5.13. The molecule has 1 aromatic carbocycles. The number of amides is 2. The summed E-state index contributed by atoms with van der Waals surface area (Å²) in [5, 5.41) is 2.65. The largest absolute Gasteiger partial charge is 0.416 e. The van der Waals surface area contributed by atoms with Crippen LogP contribution in [0.25, 0.3) is 0 Å². The van der Waals surface area contributed by atoms with Gasteiger partial charge in [-0.05, 0) is 30.5 Å². The Morgan fingerprint density at radius 1 is 1.29 bits per heavy atom. The number of nitrogens with zero attached hydrogens (tertiary/aromatic N) is 1. The smallest absolute Gasteiger partial charge is 0.350 e. The van der Waals surface area contributed by atoms with Gasteiger partial charge in [0.1, 0.15) is 6.04 Å². The van der Waals surface area contributed by atoms with Crippen LogP contribution in [-0.4, -0.2) is 34.4 Å². The SMILES string of the molecule is O=C(NCc1cccc(C(F)(F)F)c1)C1CSCN1C(=O)C1CC1. The Balaban J connectivity index is 1.60. The number of benzene rings is 1. The summed E-state index contributed by atoms with van der Waals surface area (Å²) in [4.78, 5) is 26.1. The number of alkyl halides is 3. The second kappa shape index (κ2) is 6.66. The summed E-state index contributed by atoms with van der Waals surface area (Å²) in [6.45, 7) is 0.00930. The number of hydrogen-bond donors (Lipinski definition) is 1. The molecule has 1 aliphatic heterocycles. The Bertz CT molecular complexity index is 646. The number of carbonyl (C=O) groups is 2. The van der Waals surface area contributed by atoms with Crippen molar-refractivity contribution in [1.29, 1.82) is 0 Å². The van der Waals surface area contributed by atoms with E-state index in [1.165, 1.54) is 23.9 Å². The number of rotatable bonds is 4. The van der Waals surface area contributed by atoms with Crippen LogP contribution in [0.2, 0.25) is 0 Å². The van der Waals surface area contributed by atoms with Crippen LogP contribution < -0.4 is 5.32 Å². The fourth-order valence-electron chi connectivity index (χ4n) is 2.61. The van der Waals surface area contributed by atoms with E-state index >= 15 is 0 Å². The summed E-state index contributed by atoms with van der Waals surface area (Å²) in [5.74, 6) is 0.761. The maximum atomic E-state index is 12.7. The van der Waals surface area contributed by atoms with Crippen molar-refractivity contribution < 1.29 is 22.8 Å². The van der Waals surface area contributed by atoms with E-state index in [1.54, 1.807) is 4.90 Å². The minimum atomic E-state index is -4.41. The number of nitrogens with one attached hydrogen (secondary N) is 1. The lowest BCUT2D eigenvalue weighted by Gasteiger charge is -2.23. The highest BCUT2D eigenvalue weighted by atomic mass is 32.2. The first-order valence-electron chi connectivity index (χ1n) is 7.68. The second-order valence-electron chi connectivity index (χ2n) is 6.01. The van der Waals surface area contributed by atoms with E-state index in [2.05, 4.69) is 5.32 Å². The zero-order valence-corrected chi connectivity index (χ0v) is 13.6. The van der Waals surface area contributed by atoms with Gasteiger partial charge < -0.3 is 10.2 Å². The fourth-order valence-corrected chi connectivity index (χ4v) is 3.77. The molecule has 2 aliphatic rings. The van der Waals surface area contributed by atoms with E-state index in [9.17, 15) is 22.8 Å². The maximum absolute atomic E-state index is 12.7. The van der Waals surface area contributed by atoms with Crippen molar-refractivity contribution in [3.05, 3.63) is 35.4 Å². The molecular weight excluding hydrogens is 341 g/mol. The van der Waals surface area contributed by atoms with Gasteiger partial charge in [-0.1, -0.05) is 12.1 Å². The van der Waals surface area contributed by atoms with Crippen LogP contribution in [0.4, 0.5) is 13.2 Å². The van der Waals surface area contributed by atoms with Gasteiger partial charge in [-0.15, -0.1) is 11.8 Å². The molecule has 4 nitrogen and oxygen atoms in total. The van der Waals surface area contributed by atoms with E-state index in [0.717, 1.165) is 25.0 Å². The Labute approximate surface area is 141 Å². The van der Waals surface area contributed by atoms with Crippen LogP contribution >= 0.6 is 11.8 Å². The standard InChI is InChI=1S/C16H17F3N2O2S/c17-16(18,19)12-3-1-2-10(6-12)7-20-14(22)13-8-24-9-21(13)15(23)11-4-5-11/h1-3,6,11,13H,4-5,7-9H2,(H,20,22). The molecule has 24 heavy (non-hydrogen) atoms. The lowest BCUT2D eigenvalue weighted by Crippen LogP contribution is -2.47. The van der Waals surface area contributed by atoms with Gasteiger partial charge >= 0.3 is 6.18 Å². The molecule has 0 radical (unpaired) electrons. The van der Waals surface area contributed by atoms with Crippen LogP contribution in [0, 0.1) is 5.92 Å². The Hall–Kier alpha value is -1.70. The molecule has 1 aliphatic carbocycles. The molecule has 3 rings (SSSR count). The molecule has 130 valence electrons. The summed E-state index contributed by atoms with van der Waals surface area (Å²) in [7, 11) is 0. The third-order valence-electron chi connectivity index (χ3n) is 4.12. The molecule has 0 spiro atoms. The van der Waals surface area contributed by atoms with Crippen molar-refractivity contribution >= 4 is 23.6 Å². The molecule has 0 aromatic heterocycles. The summed E-state index contributed by atoms with van der Waals surface area (Å²) < 4.78 is 38.1. The topological polar surface area (TPSA) is 49.4 Å². The Morgan fingerprint density at radius 3 is 2.71 bits per heavy atom. The summed E-state index contributed by atoms with van der Waals surface area (Å²) in [6, 6.07) is 4.34. The zero-order valence-electron chi connectivity index (χ0n) is 12.8. The maximum Gasteiger partial charge on any atom is 0.416 e. The predicted molar refractivity (Wildman–Crippen MR) is 84.0 cm³/mol. The summed E-state index contributed by atoms with van der Waals surface area (Å²) in [5.41, 5.74) is -0.361. The Kier molecular flexibility index (Phi) is 4.76. The molecule has 2 fully saturated rings. The molecule has 1 N–H and O–H groups in total. The number of halogens is 3. The molecule has 1 atom stereocenters. The number of thioether (sulfide) groups is 1. The first-order valence-corrected chi connectivity index (χ1v) is 8.84. The molecule has 1 aromatic rings. The monoisotopic (exact) mass is 358 g/mol. The highest BCUT2D eigenvalue weighted by molar-refractivity contribution is 7.99. The summed E-state index contributed by atoms with van der Waals surface area (Å²) >= 11 is 1.52. The first kappa shape index (κ1) is 17.1. The Morgan fingerprint density at radius 2 is 2.04 bits per heavy atom. The van der Waals surface area contributed by atoms with Crippen LogP contribution in [-0.2, 0) is 22.3 Å². The lowest BCUT2D eigenvalue weighted by molar-refractivity contribution is -0.139. The van der Waals surface area contributed by atoms with Gasteiger partial charge in [-0.3, -0.25) is 9.59 Å². The molecule has 1 heterocycles. The van der Waals surface area contributed by atoms with Crippen molar-refractivity contribution in [2.24, 2.45) is 5.92 Å². The minimum Gasteiger partial charge on any atom is -0.350 e. The number of carbonyl (C=O) groups excluding carboxylic acids is 2. The minimum absolute atomic E-state index is 0.00930. The van der Waals surface area contributed by atoms with Gasteiger partial charge in [0.25, 0.3) is 0 Å². The first-order chi connectivity index (χ1) is 11.4. The van der Waals surface area contributed by atoms with E-state index in [4.69, 9.17) is 0 Å². The molecule has 2 amide bonds. The summed E-state index contributed by atoms with van der Waals surface area (Å²) in [6.07, 6.45) is -2.66. The van der Waals surface area contributed by atoms with Gasteiger partial charge in [-0.25, -0.2) is 0 Å². The second-order valence-corrected chi connectivity index (χ2v) is 7.01. The molecular formula is C16H17F3N2O2S. The van der Waals surface area contributed by atoms with Crippen LogP contribution in [0.5, 0.6) is 0 Å². The predicted octanol–water partition coefficient (Wildman–Crippen LogP) is 2.63. The average Bonchev–Trinajstić information content (AvgIpc) is 3.28. The molecule has 1 unspecified atom stereocenters. The molecule has 8 heteroatoms. The normalized spacial score (nSPS) is 21.0. The van der Waals surface area contributed by atoms with Gasteiger partial charge in [0.05, 0.1) is 11.4 Å². The van der Waals surface area contributed by atoms with Gasteiger partial charge in [0.15, 0.2) is 0 Å². The van der Waals surface area contributed by atoms with Gasteiger partial charge in [0.2, 0.25) is 11.8 Å². The zero-order chi connectivity index (χ0) is 17.3. The van der Waals surface area contributed by atoms with E-state index in [-0.39, 0.29) is 24.3 Å². The van der Waals surface area contributed by atoms with Crippen molar-refractivity contribution in [3.63, 3.8) is 0 Å². The van der Waals surface area contributed by atoms with E-state index in [0.29, 0.717) is 17.2 Å². The fraction of sp³-hybridized carbons (Fsp3) is 0.500. The quantitative estimate of drug-likeness (QED) is 0.900. The van der Waals surface area contributed by atoms with Crippen LogP contribution in [0.1, 0.15) is 24.0 Å². The van der Waals surface area contributed by atoms with Gasteiger partial charge in [0, 0.05) is 18.2 Å². The van der Waals surface area contributed by atoms with Crippen LogP contribution in [0.15, 0.2) is 24.3 Å². The van der Waals surface area contributed by atoms with E-state index in [1.807, 2.05) is 0 Å². The van der Waals surface area contributed by atoms with Crippen molar-refractivity contribution in [2.75, 3.05) is 11.6 Å². The number of hydrogen-bond acceptors (Lipinski definition) is 3. The molecule has 1 saturated carbocycles. The average molecular weight is 358 g/mol. The van der Waals surface area contributed by atoms with Crippen molar-refractivity contribution in [3.8, 4) is 0 Å². The highest BCUT2D eigenvalue weighted by Gasteiger charge is 2.41. The van der Waals surface area contributed by atoms with Gasteiger partial charge in [-0.2, -0.15) is 13.2 Å². The molecule has 0 bridgehead atoms. The van der Waals surface area contributed by atoms with E-state index < -0.39 is 17.8 Å². The molecule has 1 saturated heterocycles. The van der Waals surface area contributed by atoms with Crippen LogP contribution in [0.3, 0.4) is 0 Å². The lowest BCUT2D eigenvalue weighted by atomic mass is 10.1. The third kappa shape index (κ3) is 3.85.